The van der Waals surface area contributed by atoms with Gasteiger partial charge in [-0.2, -0.15) is 0 Å². The molecule has 5 nitrogen and oxygen atoms in total. The Morgan fingerprint density at radius 1 is 1.16 bits per heavy atom. The van der Waals surface area contributed by atoms with E-state index in [0.717, 1.165) is 29.1 Å². The summed E-state index contributed by atoms with van der Waals surface area (Å²) in [4.78, 5) is 29.5. The van der Waals surface area contributed by atoms with Gasteiger partial charge in [-0.3, -0.25) is 9.59 Å². The molecular weight excluding hydrogens is 336 g/mol. The van der Waals surface area contributed by atoms with Gasteiger partial charge in [0.1, 0.15) is 0 Å². The van der Waals surface area contributed by atoms with Gasteiger partial charge in [0.15, 0.2) is 0 Å². The first-order valence-electron chi connectivity index (χ1n) is 8.49. The maximum absolute atomic E-state index is 12.6. The first kappa shape index (κ1) is 19.1. The fourth-order valence-electron chi connectivity index (χ4n) is 2.62. The van der Waals surface area contributed by atoms with Crippen molar-refractivity contribution in [1.29, 1.82) is 0 Å². The first-order chi connectivity index (χ1) is 12.0. The zero-order chi connectivity index (χ0) is 18.1. The van der Waals surface area contributed by atoms with E-state index < -0.39 is 5.97 Å². The predicted molar refractivity (Wildman–Crippen MR) is 98.5 cm³/mol. The molecule has 2 aromatic rings. The smallest absolute Gasteiger partial charge is 0.303 e. The zero-order valence-corrected chi connectivity index (χ0v) is 15.3. The number of aryl methyl sites for hydroxylation is 2. The van der Waals surface area contributed by atoms with Crippen molar-refractivity contribution in [2.24, 2.45) is 0 Å². The minimum atomic E-state index is -0.828. The molecule has 0 bridgehead atoms. The van der Waals surface area contributed by atoms with E-state index in [9.17, 15) is 9.59 Å². The predicted octanol–water partition coefficient (Wildman–Crippen LogP) is 3.67. The quantitative estimate of drug-likeness (QED) is 0.702. The zero-order valence-electron chi connectivity index (χ0n) is 14.5. The Morgan fingerprint density at radius 2 is 1.92 bits per heavy atom. The van der Waals surface area contributed by atoms with E-state index >= 15 is 0 Å². The molecule has 25 heavy (non-hydrogen) atoms. The molecule has 0 atom stereocenters. The van der Waals surface area contributed by atoms with Gasteiger partial charge in [-0.15, -0.1) is 11.3 Å². The van der Waals surface area contributed by atoms with Crippen LogP contribution in [0.2, 0.25) is 0 Å². The van der Waals surface area contributed by atoms with Gasteiger partial charge < -0.3 is 10.0 Å². The highest BCUT2D eigenvalue weighted by atomic mass is 32.1. The highest BCUT2D eigenvalue weighted by molar-refractivity contribution is 7.09. The third-order valence-corrected chi connectivity index (χ3v) is 4.70. The van der Waals surface area contributed by atoms with Crippen molar-refractivity contribution in [1.82, 2.24) is 9.88 Å². The average molecular weight is 360 g/mol. The van der Waals surface area contributed by atoms with Gasteiger partial charge in [-0.1, -0.05) is 30.3 Å². The summed E-state index contributed by atoms with van der Waals surface area (Å²) in [6.45, 7) is 2.97. The van der Waals surface area contributed by atoms with Crippen LogP contribution in [-0.2, 0) is 22.6 Å². The van der Waals surface area contributed by atoms with Crippen LogP contribution >= 0.6 is 11.3 Å². The molecule has 0 radical (unpaired) electrons. The lowest BCUT2D eigenvalue weighted by molar-refractivity contribution is -0.138. The van der Waals surface area contributed by atoms with Gasteiger partial charge >= 0.3 is 5.97 Å². The second-order valence-electron chi connectivity index (χ2n) is 6.01. The van der Waals surface area contributed by atoms with Crippen molar-refractivity contribution in [2.45, 2.75) is 45.6 Å². The first-order valence-corrected chi connectivity index (χ1v) is 9.37. The highest BCUT2D eigenvalue weighted by Gasteiger charge is 2.14. The Bertz CT molecular complexity index is 685. The van der Waals surface area contributed by atoms with Gasteiger partial charge in [0, 0.05) is 31.3 Å². The number of amides is 1. The van der Waals surface area contributed by atoms with Gasteiger partial charge in [0.2, 0.25) is 5.91 Å². The average Bonchev–Trinajstić information content (AvgIpc) is 3.00. The number of aliphatic carboxylic acids is 1. The third kappa shape index (κ3) is 7.05. The molecule has 1 aromatic heterocycles. The summed E-state index contributed by atoms with van der Waals surface area (Å²) in [5, 5.41) is 11.9. The van der Waals surface area contributed by atoms with Crippen LogP contribution in [0.15, 0.2) is 35.7 Å². The second kappa shape index (κ2) is 9.93. The number of carboxylic acids is 1. The van der Waals surface area contributed by atoms with Crippen LogP contribution in [0.5, 0.6) is 0 Å². The van der Waals surface area contributed by atoms with Crippen molar-refractivity contribution < 1.29 is 14.7 Å². The molecule has 0 saturated heterocycles. The third-order valence-electron chi connectivity index (χ3n) is 3.88. The number of carboxylic acid groups (broad SMARTS) is 1. The summed E-state index contributed by atoms with van der Waals surface area (Å²) in [7, 11) is 0. The van der Waals surface area contributed by atoms with Crippen molar-refractivity contribution in [2.75, 3.05) is 6.54 Å². The molecule has 134 valence electrons. The van der Waals surface area contributed by atoms with E-state index in [4.69, 9.17) is 5.11 Å². The summed E-state index contributed by atoms with van der Waals surface area (Å²) in [5.41, 5.74) is 2.09. The second-order valence-corrected chi connectivity index (χ2v) is 7.07. The van der Waals surface area contributed by atoms with Crippen LogP contribution in [0.3, 0.4) is 0 Å². The van der Waals surface area contributed by atoms with Crippen LogP contribution < -0.4 is 0 Å². The van der Waals surface area contributed by atoms with Gasteiger partial charge in [-0.05, 0) is 31.7 Å². The number of hydrogen-bond acceptors (Lipinski definition) is 4. The number of thiazole rings is 1. The van der Waals surface area contributed by atoms with Crippen molar-refractivity contribution in [3.05, 3.63) is 52.0 Å². The molecule has 1 heterocycles. The van der Waals surface area contributed by atoms with Crippen LogP contribution in [0.1, 0.15) is 41.9 Å². The van der Waals surface area contributed by atoms with E-state index in [1.165, 1.54) is 0 Å². The van der Waals surface area contributed by atoms with Gasteiger partial charge in [0.25, 0.3) is 0 Å². The SMILES string of the molecule is Cc1nc(CCCC(=O)N(CCCC(=O)O)Cc2ccccc2)cs1. The maximum atomic E-state index is 12.6. The standard InChI is InChI=1S/C19H24N2O3S/c1-15-20-17(14-25-15)9-5-10-18(22)21(12-6-11-19(23)24)13-16-7-3-2-4-8-16/h2-4,7-8,14H,5-6,9-13H2,1H3,(H,23,24). The molecule has 6 heteroatoms. The van der Waals surface area contributed by atoms with Crippen LogP contribution in [0.4, 0.5) is 0 Å². The summed E-state index contributed by atoms with van der Waals surface area (Å²) in [6, 6.07) is 9.79. The molecule has 0 fully saturated rings. The molecule has 0 saturated carbocycles. The Labute approximate surface area is 152 Å². The molecule has 0 aliphatic heterocycles. The number of carbonyl (C=O) groups is 2. The molecule has 0 aliphatic carbocycles. The van der Waals surface area contributed by atoms with Gasteiger partial charge in [-0.25, -0.2) is 4.98 Å². The Morgan fingerprint density at radius 3 is 2.56 bits per heavy atom. The molecule has 1 N–H and O–H groups in total. The van der Waals surface area contributed by atoms with E-state index in [-0.39, 0.29) is 12.3 Å². The molecule has 1 aromatic carbocycles. The number of carbonyl (C=O) groups excluding carboxylic acids is 1. The van der Waals surface area contributed by atoms with Crippen LogP contribution in [0, 0.1) is 6.92 Å². The lowest BCUT2D eigenvalue weighted by atomic mass is 10.1. The number of rotatable bonds is 10. The number of nitrogens with zero attached hydrogens (tertiary/aromatic N) is 2. The van der Waals surface area contributed by atoms with Crippen molar-refractivity contribution in [3.8, 4) is 0 Å². The summed E-state index contributed by atoms with van der Waals surface area (Å²) in [6.07, 6.45) is 2.56. The molecule has 0 spiro atoms. The molecule has 1 amide bonds. The summed E-state index contributed by atoms with van der Waals surface area (Å²) < 4.78 is 0. The minimum Gasteiger partial charge on any atom is -0.481 e. The molecular formula is C19H24N2O3S. The normalized spacial score (nSPS) is 10.6. The fourth-order valence-corrected chi connectivity index (χ4v) is 3.27. The van der Waals surface area contributed by atoms with E-state index in [0.29, 0.717) is 25.9 Å². The topological polar surface area (TPSA) is 70.5 Å². The van der Waals surface area contributed by atoms with Gasteiger partial charge in [0.05, 0.1) is 10.7 Å². The lowest BCUT2D eigenvalue weighted by Gasteiger charge is -2.22. The van der Waals surface area contributed by atoms with E-state index in [1.54, 1.807) is 16.2 Å². The summed E-state index contributed by atoms with van der Waals surface area (Å²) in [5.74, 6) is -0.757. The minimum absolute atomic E-state index is 0.0705. The molecule has 2 rings (SSSR count). The van der Waals surface area contributed by atoms with Crippen LogP contribution in [-0.4, -0.2) is 33.4 Å². The Balaban J connectivity index is 1.87. The van der Waals surface area contributed by atoms with E-state index in [2.05, 4.69) is 4.98 Å². The number of aromatic nitrogens is 1. The number of hydrogen-bond donors (Lipinski definition) is 1. The highest BCUT2D eigenvalue weighted by Crippen LogP contribution is 2.13. The maximum Gasteiger partial charge on any atom is 0.303 e. The molecule has 0 unspecified atom stereocenters. The van der Waals surface area contributed by atoms with Crippen molar-refractivity contribution >= 4 is 23.2 Å². The fraction of sp³-hybridized carbons (Fsp3) is 0.421. The Kier molecular flexibility index (Phi) is 7.60. The summed E-state index contributed by atoms with van der Waals surface area (Å²) >= 11 is 1.62. The Hall–Kier alpha value is -2.21. The van der Waals surface area contributed by atoms with E-state index in [1.807, 2.05) is 42.6 Å². The van der Waals surface area contributed by atoms with Crippen LogP contribution in [0.25, 0.3) is 0 Å². The monoisotopic (exact) mass is 360 g/mol. The van der Waals surface area contributed by atoms with Crippen molar-refractivity contribution in [3.63, 3.8) is 0 Å². The lowest BCUT2D eigenvalue weighted by Crippen LogP contribution is -2.31. The number of benzene rings is 1. The molecule has 0 aliphatic rings. The largest absolute Gasteiger partial charge is 0.481 e.